The van der Waals surface area contributed by atoms with E-state index in [0.29, 0.717) is 5.78 Å². The van der Waals surface area contributed by atoms with Crippen molar-refractivity contribution in [1.29, 1.82) is 0 Å². The Kier molecular flexibility index (Phi) is 5.18. The molecular weight excluding hydrogens is 292 g/mol. The Morgan fingerprint density at radius 1 is 1.00 bits per heavy atom. The SMILES string of the molecule is CCCC[C@]1(CC)CCc2ccccc2[C@H](c2ccccc2)C1=O. The number of ketones is 1. The molecule has 0 fully saturated rings. The summed E-state index contributed by atoms with van der Waals surface area (Å²) in [6, 6.07) is 18.9. The highest BCUT2D eigenvalue weighted by molar-refractivity contribution is 5.94. The van der Waals surface area contributed by atoms with E-state index in [2.05, 4.69) is 62.4 Å². The summed E-state index contributed by atoms with van der Waals surface area (Å²) in [5.74, 6) is 0.330. The molecule has 1 aliphatic carbocycles. The van der Waals surface area contributed by atoms with Crippen molar-refractivity contribution in [2.45, 2.75) is 58.3 Å². The zero-order chi connectivity index (χ0) is 17.0. The fraction of sp³-hybridized carbons (Fsp3) is 0.435. The van der Waals surface area contributed by atoms with Crippen LogP contribution in [0.15, 0.2) is 54.6 Å². The third-order valence-corrected chi connectivity index (χ3v) is 5.84. The molecule has 0 N–H and O–H groups in total. The van der Waals surface area contributed by atoms with Gasteiger partial charge in [0, 0.05) is 5.41 Å². The lowest BCUT2D eigenvalue weighted by Crippen LogP contribution is -2.34. The van der Waals surface area contributed by atoms with Gasteiger partial charge in [0.1, 0.15) is 0 Å². The molecule has 0 aromatic heterocycles. The predicted octanol–water partition coefficient (Wildman–Crippen LogP) is 5.92. The number of unbranched alkanes of at least 4 members (excludes halogenated alkanes) is 1. The van der Waals surface area contributed by atoms with Crippen molar-refractivity contribution in [2.24, 2.45) is 5.41 Å². The number of fused-ring (bicyclic) bond motifs is 1. The lowest BCUT2D eigenvalue weighted by Gasteiger charge is -2.33. The van der Waals surface area contributed by atoms with Gasteiger partial charge in [-0.05, 0) is 42.4 Å². The summed E-state index contributed by atoms with van der Waals surface area (Å²) >= 11 is 0. The quantitative estimate of drug-likeness (QED) is 0.625. The van der Waals surface area contributed by atoms with Crippen LogP contribution in [0.1, 0.15) is 68.6 Å². The van der Waals surface area contributed by atoms with Crippen molar-refractivity contribution in [2.75, 3.05) is 0 Å². The first-order valence-corrected chi connectivity index (χ1v) is 9.39. The van der Waals surface area contributed by atoms with Gasteiger partial charge in [-0.2, -0.15) is 0 Å². The second kappa shape index (κ2) is 7.34. The standard InChI is InChI=1S/C23H28O/c1-3-5-16-23(4-2)17-15-18-11-9-10-14-20(18)21(22(23)24)19-12-7-6-8-13-19/h6-14,21H,3-5,15-17H2,1-2H3/t21-,23+/m0/s1. The van der Waals surface area contributed by atoms with Crippen molar-refractivity contribution in [3.8, 4) is 0 Å². The summed E-state index contributed by atoms with van der Waals surface area (Å²) in [4.78, 5) is 13.8. The van der Waals surface area contributed by atoms with Gasteiger partial charge in [-0.15, -0.1) is 0 Å². The molecular formula is C23H28O. The minimum Gasteiger partial charge on any atom is -0.298 e. The molecule has 24 heavy (non-hydrogen) atoms. The minimum atomic E-state index is -0.171. The van der Waals surface area contributed by atoms with E-state index >= 15 is 0 Å². The van der Waals surface area contributed by atoms with E-state index in [1.165, 1.54) is 11.1 Å². The van der Waals surface area contributed by atoms with Gasteiger partial charge in [0.25, 0.3) is 0 Å². The summed E-state index contributed by atoms with van der Waals surface area (Å²) in [6.45, 7) is 4.42. The summed E-state index contributed by atoms with van der Waals surface area (Å²) in [7, 11) is 0. The number of Topliss-reactive ketones (excluding diaryl/α,β-unsaturated/α-hetero) is 1. The monoisotopic (exact) mass is 320 g/mol. The van der Waals surface area contributed by atoms with Crippen LogP contribution in [0.5, 0.6) is 0 Å². The Morgan fingerprint density at radius 2 is 1.71 bits per heavy atom. The molecule has 2 aromatic rings. The van der Waals surface area contributed by atoms with Gasteiger partial charge in [-0.3, -0.25) is 4.79 Å². The molecule has 0 saturated heterocycles. The number of carbonyl (C=O) groups is 1. The molecule has 0 bridgehead atoms. The molecule has 1 heteroatoms. The first-order valence-electron chi connectivity index (χ1n) is 9.39. The molecule has 2 aromatic carbocycles. The molecule has 1 aliphatic rings. The van der Waals surface area contributed by atoms with Gasteiger partial charge in [-0.1, -0.05) is 81.3 Å². The average Bonchev–Trinajstić information content (AvgIpc) is 2.76. The van der Waals surface area contributed by atoms with Crippen LogP contribution in [0.25, 0.3) is 0 Å². The molecule has 0 aliphatic heterocycles. The Hall–Kier alpha value is -1.89. The largest absolute Gasteiger partial charge is 0.298 e. The number of benzene rings is 2. The van der Waals surface area contributed by atoms with E-state index in [1.54, 1.807) is 0 Å². The van der Waals surface area contributed by atoms with Crippen LogP contribution in [-0.2, 0) is 11.2 Å². The van der Waals surface area contributed by atoms with Crippen molar-refractivity contribution in [3.63, 3.8) is 0 Å². The Morgan fingerprint density at radius 3 is 2.42 bits per heavy atom. The smallest absolute Gasteiger partial charge is 0.150 e. The number of hydrogen-bond acceptors (Lipinski definition) is 1. The van der Waals surface area contributed by atoms with Crippen LogP contribution in [0.3, 0.4) is 0 Å². The third kappa shape index (κ3) is 3.05. The third-order valence-electron chi connectivity index (χ3n) is 5.84. The molecule has 2 atom stereocenters. The van der Waals surface area contributed by atoms with E-state index in [9.17, 15) is 4.79 Å². The lowest BCUT2D eigenvalue weighted by molar-refractivity contribution is -0.130. The molecule has 0 spiro atoms. The van der Waals surface area contributed by atoms with Gasteiger partial charge < -0.3 is 0 Å². The maximum Gasteiger partial charge on any atom is 0.150 e. The normalized spacial score (nSPS) is 23.6. The molecule has 0 heterocycles. The predicted molar refractivity (Wildman–Crippen MR) is 100 cm³/mol. The van der Waals surface area contributed by atoms with Crippen LogP contribution in [0.2, 0.25) is 0 Å². The van der Waals surface area contributed by atoms with Crippen LogP contribution < -0.4 is 0 Å². The van der Waals surface area contributed by atoms with Gasteiger partial charge in [0.15, 0.2) is 5.78 Å². The zero-order valence-electron chi connectivity index (χ0n) is 14.9. The van der Waals surface area contributed by atoms with Gasteiger partial charge >= 0.3 is 0 Å². The van der Waals surface area contributed by atoms with Crippen molar-refractivity contribution < 1.29 is 4.79 Å². The second-order valence-corrected chi connectivity index (χ2v) is 7.14. The molecule has 3 rings (SSSR count). The molecule has 0 radical (unpaired) electrons. The van der Waals surface area contributed by atoms with Gasteiger partial charge in [0.05, 0.1) is 5.92 Å². The maximum atomic E-state index is 13.8. The second-order valence-electron chi connectivity index (χ2n) is 7.14. The van der Waals surface area contributed by atoms with E-state index in [1.807, 2.05) is 6.07 Å². The fourth-order valence-electron chi connectivity index (χ4n) is 4.26. The van der Waals surface area contributed by atoms with E-state index in [0.717, 1.165) is 44.1 Å². The Labute approximate surface area is 146 Å². The van der Waals surface area contributed by atoms with E-state index in [-0.39, 0.29) is 11.3 Å². The summed E-state index contributed by atoms with van der Waals surface area (Å²) in [5, 5.41) is 0. The highest BCUT2D eigenvalue weighted by Crippen LogP contribution is 2.45. The van der Waals surface area contributed by atoms with Crippen LogP contribution >= 0.6 is 0 Å². The van der Waals surface area contributed by atoms with Crippen molar-refractivity contribution >= 4 is 5.78 Å². The summed E-state index contributed by atoms with van der Waals surface area (Å²) in [6.07, 6.45) is 6.26. The summed E-state index contributed by atoms with van der Waals surface area (Å²) in [5.41, 5.74) is 3.55. The number of rotatable bonds is 5. The topological polar surface area (TPSA) is 17.1 Å². The molecule has 0 amide bonds. The fourth-order valence-corrected chi connectivity index (χ4v) is 4.26. The van der Waals surface area contributed by atoms with Crippen LogP contribution in [0, 0.1) is 5.41 Å². The molecule has 1 nitrogen and oxygen atoms in total. The molecule has 0 unspecified atom stereocenters. The number of aryl methyl sites for hydroxylation is 1. The highest BCUT2D eigenvalue weighted by Gasteiger charge is 2.43. The molecule has 126 valence electrons. The van der Waals surface area contributed by atoms with E-state index < -0.39 is 0 Å². The first kappa shape index (κ1) is 17.0. The van der Waals surface area contributed by atoms with Crippen molar-refractivity contribution in [3.05, 3.63) is 71.3 Å². The Balaban J connectivity index is 2.11. The van der Waals surface area contributed by atoms with Crippen molar-refractivity contribution in [1.82, 2.24) is 0 Å². The van der Waals surface area contributed by atoms with Crippen LogP contribution in [-0.4, -0.2) is 5.78 Å². The van der Waals surface area contributed by atoms with Crippen LogP contribution in [0.4, 0.5) is 0 Å². The average molecular weight is 320 g/mol. The summed E-state index contributed by atoms with van der Waals surface area (Å²) < 4.78 is 0. The lowest BCUT2D eigenvalue weighted by atomic mass is 9.69. The Bertz CT molecular complexity index is 688. The maximum absolute atomic E-state index is 13.8. The van der Waals surface area contributed by atoms with Gasteiger partial charge in [-0.25, -0.2) is 0 Å². The number of hydrogen-bond donors (Lipinski definition) is 0. The highest BCUT2D eigenvalue weighted by atomic mass is 16.1. The van der Waals surface area contributed by atoms with E-state index in [4.69, 9.17) is 0 Å². The molecule has 0 saturated carbocycles. The number of carbonyl (C=O) groups excluding carboxylic acids is 1. The zero-order valence-corrected chi connectivity index (χ0v) is 14.9. The minimum absolute atomic E-state index is 0.110. The first-order chi connectivity index (χ1) is 11.7. The van der Waals surface area contributed by atoms with Gasteiger partial charge in [0.2, 0.25) is 0 Å².